The van der Waals surface area contributed by atoms with Crippen LogP contribution in [0.4, 0.5) is 0 Å². The van der Waals surface area contributed by atoms with Crippen LogP contribution < -0.4 is 20.1 Å². The number of methoxy groups -OCH3 is 1. The zero-order chi connectivity index (χ0) is 23.4. The molecule has 1 aliphatic carbocycles. The van der Waals surface area contributed by atoms with Crippen LogP contribution in [0.25, 0.3) is 6.08 Å². The molecule has 31 heavy (non-hydrogen) atoms. The summed E-state index contributed by atoms with van der Waals surface area (Å²) in [6, 6.07) is 5.33. The fourth-order valence-electron chi connectivity index (χ4n) is 2.87. The number of aliphatic hydroxyl groups is 3. The summed E-state index contributed by atoms with van der Waals surface area (Å²) >= 11 is 0. The fourth-order valence-corrected chi connectivity index (χ4v) is 2.87. The predicted molar refractivity (Wildman–Crippen MR) is 113 cm³/mol. The summed E-state index contributed by atoms with van der Waals surface area (Å²) in [5, 5.41) is 37.0. The third kappa shape index (κ3) is 11.3. The van der Waals surface area contributed by atoms with Gasteiger partial charge in [-0.05, 0) is 62.4 Å². The number of benzene rings is 1. The van der Waals surface area contributed by atoms with Crippen molar-refractivity contribution in [2.24, 2.45) is 5.92 Å². The summed E-state index contributed by atoms with van der Waals surface area (Å²) < 4.78 is 10.4. The number of carbonyl (C=O) groups excluding carboxylic acids is 1. The van der Waals surface area contributed by atoms with Crippen molar-refractivity contribution in [2.45, 2.75) is 44.7 Å². The Kier molecular flexibility index (Phi) is 11.0. The van der Waals surface area contributed by atoms with Crippen LogP contribution in [0.5, 0.6) is 11.5 Å². The first kappa shape index (κ1) is 26.4. The highest BCUT2D eigenvalue weighted by Gasteiger charge is 2.18. The number of ether oxygens (including phenoxy) is 2. The van der Waals surface area contributed by atoms with Gasteiger partial charge in [-0.25, -0.2) is 10.1 Å². The van der Waals surface area contributed by atoms with Crippen LogP contribution in [0.2, 0.25) is 0 Å². The van der Waals surface area contributed by atoms with Gasteiger partial charge in [0.05, 0.1) is 7.11 Å². The van der Waals surface area contributed by atoms with Gasteiger partial charge >= 0.3 is 12.1 Å². The normalized spacial score (nSPS) is 18.6. The second-order valence-corrected chi connectivity index (χ2v) is 7.28. The number of amides is 1. The van der Waals surface area contributed by atoms with E-state index in [-0.39, 0.29) is 11.9 Å². The Balaban J connectivity index is 0.000000703. The zero-order valence-corrected chi connectivity index (χ0v) is 18.0. The lowest BCUT2D eigenvalue weighted by Gasteiger charge is -2.26. The molecule has 0 aliphatic heterocycles. The van der Waals surface area contributed by atoms with E-state index in [1.807, 2.05) is 0 Å². The highest BCUT2D eigenvalue weighted by atomic mass is 16.7. The molecule has 0 spiro atoms. The third-order valence-electron chi connectivity index (χ3n) is 4.66. The van der Waals surface area contributed by atoms with Gasteiger partial charge in [0, 0.05) is 12.1 Å². The van der Waals surface area contributed by atoms with Crippen molar-refractivity contribution in [3.63, 3.8) is 0 Å². The lowest BCUT2D eigenvalue weighted by Crippen LogP contribution is -2.41. The third-order valence-corrected chi connectivity index (χ3v) is 4.66. The fraction of sp³-hybridized carbons (Fsp3) is 0.524. The zero-order valence-electron chi connectivity index (χ0n) is 18.0. The van der Waals surface area contributed by atoms with Crippen molar-refractivity contribution in [1.82, 2.24) is 10.6 Å². The maximum absolute atomic E-state index is 12.0. The SMILES string of the molecule is CNC(O)(O)O.COc1cc(/C=C/C(=O)NC2CCC(C)CC2)ccc1OCC(=O)O. The second-order valence-electron chi connectivity index (χ2n) is 7.28. The molecule has 0 aromatic heterocycles. The van der Waals surface area contributed by atoms with Crippen LogP contribution in [0.1, 0.15) is 38.2 Å². The number of nitrogens with one attached hydrogen (secondary N) is 2. The van der Waals surface area contributed by atoms with Gasteiger partial charge in [-0.15, -0.1) is 0 Å². The Labute approximate surface area is 181 Å². The molecule has 1 aliphatic rings. The molecule has 1 aromatic rings. The van der Waals surface area contributed by atoms with E-state index < -0.39 is 18.7 Å². The van der Waals surface area contributed by atoms with Crippen LogP contribution in [-0.2, 0) is 9.59 Å². The number of carboxylic acid groups (broad SMARTS) is 1. The lowest BCUT2D eigenvalue weighted by atomic mass is 9.87. The molecule has 0 atom stereocenters. The molecule has 1 fully saturated rings. The Hall–Kier alpha value is -2.66. The minimum atomic E-state index is -2.71. The minimum absolute atomic E-state index is 0.107. The molecule has 0 radical (unpaired) electrons. The van der Waals surface area contributed by atoms with Crippen molar-refractivity contribution >= 4 is 18.0 Å². The number of carboxylic acids is 1. The molecule has 10 nitrogen and oxygen atoms in total. The smallest absolute Gasteiger partial charge is 0.342 e. The average molecular weight is 440 g/mol. The van der Waals surface area contributed by atoms with Crippen LogP contribution >= 0.6 is 0 Å². The topological polar surface area (TPSA) is 158 Å². The number of aliphatic carboxylic acids is 1. The largest absolute Gasteiger partial charge is 0.493 e. The van der Waals surface area contributed by atoms with E-state index in [1.165, 1.54) is 20.2 Å². The molecule has 0 heterocycles. The number of rotatable bonds is 8. The van der Waals surface area contributed by atoms with Crippen LogP contribution in [0.15, 0.2) is 24.3 Å². The van der Waals surface area contributed by atoms with Crippen molar-refractivity contribution in [1.29, 1.82) is 0 Å². The molecular weight excluding hydrogens is 408 g/mol. The first-order chi connectivity index (χ1) is 14.5. The first-order valence-electron chi connectivity index (χ1n) is 9.91. The van der Waals surface area contributed by atoms with Gasteiger partial charge in [0.25, 0.3) is 0 Å². The van der Waals surface area contributed by atoms with Crippen molar-refractivity contribution in [3.05, 3.63) is 29.8 Å². The standard InChI is InChI=1S/C19H25NO5.C2H7NO3/c1-13-3-7-15(8-4-13)20-18(21)10-6-14-5-9-16(17(11-14)24-2)25-12-19(22)23;1-3-2(4,5)6/h5-6,9-11,13,15H,3-4,7-8,12H2,1-2H3,(H,20,21)(H,22,23);3-6H,1H3/b10-6+;. The monoisotopic (exact) mass is 440 g/mol. The average Bonchev–Trinajstić information content (AvgIpc) is 2.72. The molecule has 1 amide bonds. The summed E-state index contributed by atoms with van der Waals surface area (Å²) in [4.78, 5) is 22.6. The number of hydrogen-bond acceptors (Lipinski definition) is 8. The van der Waals surface area contributed by atoms with Crippen LogP contribution in [0.3, 0.4) is 0 Å². The Morgan fingerprint density at radius 1 is 1.16 bits per heavy atom. The van der Waals surface area contributed by atoms with E-state index in [0.29, 0.717) is 11.5 Å². The minimum Gasteiger partial charge on any atom is -0.493 e. The van der Waals surface area contributed by atoms with Gasteiger partial charge < -0.3 is 35.2 Å². The summed E-state index contributed by atoms with van der Waals surface area (Å²) in [7, 11) is 2.69. The van der Waals surface area contributed by atoms with Gasteiger partial charge in [-0.1, -0.05) is 13.0 Å². The summed E-state index contributed by atoms with van der Waals surface area (Å²) in [6.07, 6.45) is 4.87. The molecule has 6 N–H and O–H groups in total. The summed E-state index contributed by atoms with van der Waals surface area (Å²) in [5.41, 5.74) is 0.770. The quantitative estimate of drug-likeness (QED) is 0.252. The molecule has 0 bridgehead atoms. The van der Waals surface area contributed by atoms with E-state index in [1.54, 1.807) is 29.6 Å². The number of hydrogen-bond donors (Lipinski definition) is 6. The van der Waals surface area contributed by atoms with Crippen molar-refractivity contribution in [3.8, 4) is 11.5 Å². The molecule has 1 aromatic carbocycles. The summed E-state index contributed by atoms with van der Waals surface area (Å²) in [6.45, 7) is 1.81. The van der Waals surface area contributed by atoms with Crippen LogP contribution in [-0.4, -0.2) is 65.2 Å². The van der Waals surface area contributed by atoms with Crippen LogP contribution in [0, 0.1) is 5.92 Å². The Morgan fingerprint density at radius 3 is 2.29 bits per heavy atom. The van der Waals surface area contributed by atoms with Crippen molar-refractivity contribution in [2.75, 3.05) is 20.8 Å². The molecular formula is C21H32N2O8. The van der Waals surface area contributed by atoms with E-state index in [0.717, 1.165) is 37.2 Å². The maximum atomic E-state index is 12.0. The lowest BCUT2D eigenvalue weighted by molar-refractivity contribution is -0.328. The Bertz CT molecular complexity index is 737. The van der Waals surface area contributed by atoms with Crippen molar-refractivity contribution < 1.29 is 39.5 Å². The molecule has 10 heteroatoms. The van der Waals surface area contributed by atoms with Gasteiger partial charge in [0.1, 0.15) is 0 Å². The molecule has 174 valence electrons. The molecule has 1 saturated carbocycles. The maximum Gasteiger partial charge on any atom is 0.342 e. The first-order valence-corrected chi connectivity index (χ1v) is 9.91. The number of carbonyl (C=O) groups is 2. The van der Waals surface area contributed by atoms with E-state index in [4.69, 9.17) is 29.9 Å². The summed E-state index contributed by atoms with van der Waals surface area (Å²) in [5.74, 6) is 0.357. The van der Waals surface area contributed by atoms with E-state index in [9.17, 15) is 9.59 Å². The van der Waals surface area contributed by atoms with E-state index >= 15 is 0 Å². The van der Waals surface area contributed by atoms with Gasteiger partial charge in [0.2, 0.25) is 5.91 Å². The molecule has 0 saturated heterocycles. The van der Waals surface area contributed by atoms with Gasteiger partial charge in [0.15, 0.2) is 18.1 Å². The highest BCUT2D eigenvalue weighted by Crippen LogP contribution is 2.28. The van der Waals surface area contributed by atoms with Gasteiger partial charge in [-0.3, -0.25) is 4.79 Å². The molecule has 0 unspecified atom stereocenters. The van der Waals surface area contributed by atoms with Gasteiger partial charge in [-0.2, -0.15) is 0 Å². The predicted octanol–water partition coefficient (Wildman–Crippen LogP) is 0.661. The highest BCUT2D eigenvalue weighted by molar-refractivity contribution is 5.92. The molecule has 2 rings (SSSR count). The Morgan fingerprint density at radius 2 is 1.77 bits per heavy atom. The second kappa shape index (κ2) is 12.9. The van der Waals surface area contributed by atoms with E-state index in [2.05, 4.69) is 12.2 Å².